The zero-order chi connectivity index (χ0) is 14.9. The maximum Gasteiger partial charge on any atom is 0.417 e. The fourth-order valence-corrected chi connectivity index (χ4v) is 1.80. The zero-order valence-electron chi connectivity index (χ0n) is 10.4. The molecule has 0 atom stereocenters. The van der Waals surface area contributed by atoms with E-state index in [4.69, 9.17) is 17.3 Å². The smallest absolute Gasteiger partial charge is 0.399 e. The molecule has 7 heteroatoms. The Balaban J connectivity index is 2.33. The van der Waals surface area contributed by atoms with Crippen LogP contribution in [-0.2, 0) is 6.18 Å². The molecule has 1 aromatic carbocycles. The van der Waals surface area contributed by atoms with E-state index in [0.29, 0.717) is 11.4 Å². The van der Waals surface area contributed by atoms with Crippen LogP contribution in [0.25, 0.3) is 0 Å². The van der Waals surface area contributed by atoms with E-state index < -0.39 is 11.7 Å². The van der Waals surface area contributed by atoms with Crippen molar-refractivity contribution < 1.29 is 13.2 Å². The van der Waals surface area contributed by atoms with E-state index in [1.54, 1.807) is 18.2 Å². The van der Waals surface area contributed by atoms with Crippen LogP contribution in [0.4, 0.5) is 30.4 Å². The first kappa shape index (κ1) is 14.5. The number of nitrogens with zero attached hydrogens (tertiary/aromatic N) is 1. The topological polar surface area (TPSA) is 50.9 Å². The Morgan fingerprint density at radius 2 is 1.95 bits per heavy atom. The largest absolute Gasteiger partial charge is 0.417 e. The van der Waals surface area contributed by atoms with Crippen LogP contribution in [-0.4, -0.2) is 4.98 Å². The average molecular weight is 302 g/mol. The lowest BCUT2D eigenvalue weighted by Crippen LogP contribution is -2.06. The van der Waals surface area contributed by atoms with Crippen molar-refractivity contribution in [2.45, 2.75) is 13.1 Å². The van der Waals surface area contributed by atoms with E-state index in [1.807, 2.05) is 6.92 Å². The van der Waals surface area contributed by atoms with Gasteiger partial charge in [0.15, 0.2) is 0 Å². The second-order valence-electron chi connectivity index (χ2n) is 4.25. The van der Waals surface area contributed by atoms with Crippen molar-refractivity contribution in [1.29, 1.82) is 0 Å². The number of alkyl halides is 3. The van der Waals surface area contributed by atoms with Gasteiger partial charge in [0.25, 0.3) is 0 Å². The van der Waals surface area contributed by atoms with Crippen molar-refractivity contribution in [3.63, 3.8) is 0 Å². The van der Waals surface area contributed by atoms with Gasteiger partial charge >= 0.3 is 6.18 Å². The third-order valence-corrected chi connectivity index (χ3v) is 2.97. The number of rotatable bonds is 2. The van der Waals surface area contributed by atoms with Crippen LogP contribution in [0.1, 0.15) is 11.1 Å². The highest BCUT2D eigenvalue weighted by molar-refractivity contribution is 6.33. The second-order valence-corrected chi connectivity index (χ2v) is 4.66. The number of nitrogens with two attached hydrogens (primary N) is 1. The Morgan fingerprint density at radius 3 is 2.55 bits per heavy atom. The van der Waals surface area contributed by atoms with Gasteiger partial charge in [0, 0.05) is 17.6 Å². The first-order valence-corrected chi connectivity index (χ1v) is 6.01. The monoisotopic (exact) mass is 301 g/mol. The van der Waals surface area contributed by atoms with Gasteiger partial charge in [0.05, 0.1) is 10.6 Å². The van der Waals surface area contributed by atoms with Crippen molar-refractivity contribution in [1.82, 2.24) is 4.98 Å². The number of nitrogen functional groups attached to an aromatic ring is 1. The molecule has 0 aliphatic carbocycles. The number of aryl methyl sites for hydroxylation is 1. The molecule has 0 aliphatic rings. The van der Waals surface area contributed by atoms with Gasteiger partial charge in [-0.2, -0.15) is 13.2 Å². The first-order chi connectivity index (χ1) is 9.27. The van der Waals surface area contributed by atoms with E-state index in [0.717, 1.165) is 17.8 Å². The highest BCUT2D eigenvalue weighted by Crippen LogP contribution is 2.33. The molecule has 1 aromatic heterocycles. The summed E-state index contributed by atoms with van der Waals surface area (Å²) in [6.45, 7) is 1.83. The van der Waals surface area contributed by atoms with E-state index in [2.05, 4.69) is 10.3 Å². The maximum atomic E-state index is 12.5. The minimum Gasteiger partial charge on any atom is -0.399 e. The molecular weight excluding hydrogens is 291 g/mol. The number of nitrogens with one attached hydrogen (secondary N) is 1. The number of hydrogen-bond donors (Lipinski definition) is 2. The van der Waals surface area contributed by atoms with Gasteiger partial charge in [-0.15, -0.1) is 0 Å². The first-order valence-electron chi connectivity index (χ1n) is 5.63. The SMILES string of the molecule is Cc1ccc(N)cc1Nc1ncc(C(F)(F)F)cc1Cl. The molecule has 0 unspecified atom stereocenters. The summed E-state index contributed by atoms with van der Waals surface area (Å²) in [5, 5.41) is 2.76. The van der Waals surface area contributed by atoms with Crippen molar-refractivity contribution in [3.05, 3.63) is 46.6 Å². The Kier molecular flexibility index (Phi) is 3.76. The molecule has 2 aromatic rings. The summed E-state index contributed by atoms with van der Waals surface area (Å²) in [6.07, 6.45) is -3.74. The molecule has 0 aliphatic heterocycles. The average Bonchev–Trinajstić information content (AvgIpc) is 2.35. The standard InChI is InChI=1S/C13H11ClF3N3/c1-7-2-3-9(18)5-11(7)20-12-10(14)4-8(6-19-12)13(15,16)17/h2-6H,18H2,1H3,(H,19,20). The van der Waals surface area contributed by atoms with Crippen molar-refractivity contribution in [2.24, 2.45) is 0 Å². The van der Waals surface area contributed by atoms with Crippen LogP contribution in [0.3, 0.4) is 0 Å². The molecule has 20 heavy (non-hydrogen) atoms. The number of aromatic nitrogens is 1. The molecule has 3 nitrogen and oxygen atoms in total. The van der Waals surface area contributed by atoms with E-state index in [1.165, 1.54) is 0 Å². The summed E-state index contributed by atoms with van der Waals surface area (Å²) in [5.41, 5.74) is 6.81. The van der Waals surface area contributed by atoms with Gasteiger partial charge in [-0.3, -0.25) is 0 Å². The van der Waals surface area contributed by atoms with Gasteiger partial charge in [-0.25, -0.2) is 4.98 Å². The lowest BCUT2D eigenvalue weighted by molar-refractivity contribution is -0.137. The Morgan fingerprint density at radius 1 is 1.25 bits per heavy atom. The fourth-order valence-electron chi connectivity index (χ4n) is 1.59. The number of anilines is 3. The predicted octanol–water partition coefficient (Wildman–Crippen LogP) is 4.39. The van der Waals surface area contributed by atoms with Crippen LogP contribution < -0.4 is 11.1 Å². The van der Waals surface area contributed by atoms with Crippen molar-refractivity contribution >= 4 is 28.8 Å². The Hall–Kier alpha value is -1.95. The molecular formula is C13H11ClF3N3. The van der Waals surface area contributed by atoms with E-state index >= 15 is 0 Å². The summed E-state index contributed by atoms with van der Waals surface area (Å²) < 4.78 is 37.5. The summed E-state index contributed by atoms with van der Waals surface area (Å²) in [7, 11) is 0. The summed E-state index contributed by atoms with van der Waals surface area (Å²) >= 11 is 5.82. The molecule has 0 fully saturated rings. The third kappa shape index (κ3) is 3.14. The number of hydrogen-bond acceptors (Lipinski definition) is 3. The Bertz CT molecular complexity index is 641. The van der Waals surface area contributed by atoms with Crippen LogP contribution in [0.5, 0.6) is 0 Å². The molecule has 106 valence electrons. The Labute approximate surface area is 118 Å². The summed E-state index contributed by atoms with van der Waals surface area (Å²) in [6, 6.07) is 6.00. The highest BCUT2D eigenvalue weighted by Gasteiger charge is 2.31. The third-order valence-electron chi connectivity index (χ3n) is 2.68. The number of pyridine rings is 1. The van der Waals surface area contributed by atoms with Crippen molar-refractivity contribution in [2.75, 3.05) is 11.1 Å². The van der Waals surface area contributed by atoms with E-state index in [9.17, 15) is 13.2 Å². The van der Waals surface area contributed by atoms with Gasteiger partial charge in [-0.1, -0.05) is 17.7 Å². The molecule has 0 saturated carbocycles. The molecule has 2 rings (SSSR count). The van der Waals surface area contributed by atoms with E-state index in [-0.39, 0.29) is 10.8 Å². The lowest BCUT2D eigenvalue weighted by Gasteiger charge is -2.12. The maximum absolute atomic E-state index is 12.5. The minimum atomic E-state index is -4.47. The fraction of sp³-hybridized carbons (Fsp3) is 0.154. The van der Waals surface area contributed by atoms with Crippen LogP contribution in [0, 0.1) is 6.92 Å². The second kappa shape index (κ2) is 5.20. The molecule has 3 N–H and O–H groups in total. The molecule has 0 saturated heterocycles. The molecule has 0 spiro atoms. The highest BCUT2D eigenvalue weighted by atomic mass is 35.5. The summed E-state index contributed by atoms with van der Waals surface area (Å²) in [4.78, 5) is 3.71. The number of halogens is 4. The molecule has 1 heterocycles. The minimum absolute atomic E-state index is 0.110. The van der Waals surface area contributed by atoms with Gasteiger partial charge in [0.1, 0.15) is 5.82 Å². The van der Waals surface area contributed by atoms with Crippen LogP contribution in [0.15, 0.2) is 30.5 Å². The summed E-state index contributed by atoms with van der Waals surface area (Å²) in [5.74, 6) is 0.147. The molecule has 0 radical (unpaired) electrons. The van der Waals surface area contributed by atoms with Gasteiger partial charge in [-0.05, 0) is 30.7 Å². The quantitative estimate of drug-likeness (QED) is 0.809. The molecule has 0 bridgehead atoms. The van der Waals surface area contributed by atoms with Crippen LogP contribution >= 0.6 is 11.6 Å². The van der Waals surface area contributed by atoms with Gasteiger partial charge in [0.2, 0.25) is 0 Å². The zero-order valence-corrected chi connectivity index (χ0v) is 11.2. The van der Waals surface area contributed by atoms with Crippen LogP contribution in [0.2, 0.25) is 5.02 Å². The van der Waals surface area contributed by atoms with Crippen molar-refractivity contribution in [3.8, 4) is 0 Å². The molecule has 0 amide bonds. The van der Waals surface area contributed by atoms with Gasteiger partial charge < -0.3 is 11.1 Å². The number of benzene rings is 1. The predicted molar refractivity (Wildman–Crippen MR) is 73.1 cm³/mol. The normalized spacial score (nSPS) is 11.4. The lowest BCUT2D eigenvalue weighted by atomic mass is 10.2.